The fourth-order valence-electron chi connectivity index (χ4n) is 2.22. The van der Waals surface area contributed by atoms with Gasteiger partial charge in [-0.2, -0.15) is 0 Å². The molecule has 9 nitrogen and oxygen atoms in total. The zero-order valence-electron chi connectivity index (χ0n) is 10.0. The number of hydrogen-bond acceptors (Lipinski definition) is 7. The van der Waals surface area contributed by atoms with E-state index in [0.29, 0.717) is 4.72 Å². The van der Waals surface area contributed by atoms with E-state index < -0.39 is 36.7 Å². The number of nitrogens with zero attached hydrogens (tertiary/aromatic N) is 3. The summed E-state index contributed by atoms with van der Waals surface area (Å²) >= 11 is 2.66. The van der Waals surface area contributed by atoms with Gasteiger partial charge in [-0.3, -0.25) is 0 Å². The summed E-state index contributed by atoms with van der Waals surface area (Å²) < 4.78 is 7.08. The van der Waals surface area contributed by atoms with E-state index in [1.165, 1.54) is 10.9 Å². The molecule has 0 aromatic carbocycles. The molecule has 0 aliphatic carbocycles. The number of fused-ring (bicyclic) bond motifs is 1. The van der Waals surface area contributed by atoms with Crippen LogP contribution in [0.25, 0.3) is 11.2 Å². The Kier molecular flexibility index (Phi) is 3.36. The predicted octanol–water partition coefficient (Wildman–Crippen LogP) is -3.48. The number of aliphatic hydroxyl groups excluding tert-OH is 3. The van der Waals surface area contributed by atoms with Gasteiger partial charge in [0.1, 0.15) is 0 Å². The molecule has 1 fully saturated rings. The van der Waals surface area contributed by atoms with Crippen molar-refractivity contribution in [1.29, 1.82) is 0 Å². The van der Waals surface area contributed by atoms with Crippen molar-refractivity contribution in [1.82, 2.24) is 19.5 Å². The quantitative estimate of drug-likeness (QED) is 0.415. The molecule has 2 aromatic heterocycles. The molecular formula is C10H11N4O5Se. The van der Waals surface area contributed by atoms with E-state index in [1.54, 1.807) is 0 Å². The molecule has 0 bridgehead atoms. The minimum absolute atomic E-state index is 0.0963. The average molecular weight is 346 g/mol. The molecule has 107 valence electrons. The van der Waals surface area contributed by atoms with E-state index in [-0.39, 0.29) is 11.2 Å². The summed E-state index contributed by atoms with van der Waals surface area (Å²) in [4.78, 5) is 22.1. The third kappa shape index (κ3) is 1.89. The molecule has 0 unspecified atom stereocenters. The van der Waals surface area contributed by atoms with E-state index in [4.69, 9.17) is 9.84 Å². The molecule has 2 aromatic rings. The zero-order chi connectivity index (χ0) is 14.4. The second kappa shape index (κ2) is 4.92. The summed E-state index contributed by atoms with van der Waals surface area (Å²) in [5.41, 5.74) is -0.103. The normalized spacial score (nSPS) is 30.1. The van der Waals surface area contributed by atoms with Gasteiger partial charge in [0.05, 0.1) is 0 Å². The standard InChI is InChI=1S/C10H11N4O5Se/c15-1-3-5(16)6(17)9(19-3)14-7-4(13-10(14)20)8(18)12-2-11-7/h2-3,5-6,9,15-17H,1H2,(H,11,12,18)/t3-,5-,6-,9-/m1/s1. The zero-order valence-corrected chi connectivity index (χ0v) is 11.7. The number of nitrogens with one attached hydrogen (secondary N) is 1. The van der Waals surface area contributed by atoms with E-state index in [2.05, 4.69) is 31.0 Å². The topological polar surface area (TPSA) is 133 Å². The van der Waals surface area contributed by atoms with Crippen LogP contribution in [0.1, 0.15) is 6.23 Å². The Bertz CT molecular complexity index is 701. The van der Waals surface area contributed by atoms with Crippen LogP contribution >= 0.6 is 0 Å². The van der Waals surface area contributed by atoms with Crippen molar-refractivity contribution in [2.45, 2.75) is 24.5 Å². The van der Waals surface area contributed by atoms with Gasteiger partial charge in [0.15, 0.2) is 0 Å². The molecular weight excluding hydrogens is 335 g/mol. The molecule has 3 rings (SSSR count). The number of aromatic nitrogens is 4. The molecule has 3 heterocycles. The van der Waals surface area contributed by atoms with Crippen LogP contribution in [-0.2, 0) is 4.74 Å². The van der Waals surface area contributed by atoms with Crippen molar-refractivity contribution in [2.24, 2.45) is 0 Å². The molecule has 10 heteroatoms. The number of ether oxygens (including phenoxy) is 1. The van der Waals surface area contributed by atoms with Crippen LogP contribution in [0.3, 0.4) is 0 Å². The second-order valence-electron chi connectivity index (χ2n) is 4.40. The van der Waals surface area contributed by atoms with Crippen molar-refractivity contribution in [3.8, 4) is 0 Å². The van der Waals surface area contributed by atoms with Crippen LogP contribution in [0, 0.1) is 0 Å². The van der Waals surface area contributed by atoms with Gasteiger partial charge >= 0.3 is 119 Å². The Hall–Kier alpha value is -1.29. The van der Waals surface area contributed by atoms with Gasteiger partial charge in [-0.15, -0.1) is 0 Å². The van der Waals surface area contributed by atoms with Gasteiger partial charge < -0.3 is 0 Å². The maximum absolute atomic E-state index is 11.6. The number of imidazole rings is 1. The Labute approximate surface area is 120 Å². The first-order valence-corrected chi connectivity index (χ1v) is 6.65. The summed E-state index contributed by atoms with van der Waals surface area (Å²) in [6.07, 6.45) is -3.18. The average Bonchev–Trinajstić information content (AvgIpc) is 2.90. The molecule has 1 aliphatic rings. The van der Waals surface area contributed by atoms with Gasteiger partial charge in [-0.05, 0) is 0 Å². The molecule has 0 amide bonds. The van der Waals surface area contributed by atoms with Crippen LogP contribution in [0.5, 0.6) is 0 Å². The minimum atomic E-state index is -1.27. The monoisotopic (exact) mass is 347 g/mol. The number of aliphatic hydroxyl groups is 3. The first-order chi connectivity index (χ1) is 9.54. The Morgan fingerprint density at radius 1 is 1.45 bits per heavy atom. The van der Waals surface area contributed by atoms with Crippen LogP contribution in [-0.4, -0.2) is 75.8 Å². The SMILES string of the molecule is O=c1[nH]cnc2c1nc([Se])n2[C@@H]1O[C@H](CO)[C@@H](O)[C@H]1O. The fraction of sp³-hybridized carbons (Fsp3) is 0.500. The van der Waals surface area contributed by atoms with Crippen molar-refractivity contribution in [3.05, 3.63) is 16.7 Å². The van der Waals surface area contributed by atoms with Crippen LogP contribution in [0.2, 0.25) is 0 Å². The second-order valence-corrected chi connectivity index (χ2v) is 5.16. The summed E-state index contributed by atoms with van der Waals surface area (Å²) in [6, 6.07) is 0. The van der Waals surface area contributed by atoms with Gasteiger partial charge in [0, 0.05) is 0 Å². The first-order valence-electron chi connectivity index (χ1n) is 5.79. The van der Waals surface area contributed by atoms with Crippen molar-refractivity contribution in [2.75, 3.05) is 6.61 Å². The summed E-state index contributed by atoms with van der Waals surface area (Å²) in [5, 5.41) is 28.9. The summed E-state index contributed by atoms with van der Waals surface area (Å²) in [7, 11) is 0. The van der Waals surface area contributed by atoms with Gasteiger partial charge in [0.2, 0.25) is 0 Å². The number of aromatic amines is 1. The van der Waals surface area contributed by atoms with Crippen molar-refractivity contribution >= 4 is 31.9 Å². The van der Waals surface area contributed by atoms with Gasteiger partial charge in [-0.1, -0.05) is 0 Å². The molecule has 1 saturated heterocycles. The molecule has 4 atom stereocenters. The van der Waals surface area contributed by atoms with Crippen molar-refractivity contribution in [3.63, 3.8) is 0 Å². The molecule has 20 heavy (non-hydrogen) atoms. The van der Waals surface area contributed by atoms with E-state index >= 15 is 0 Å². The van der Waals surface area contributed by atoms with Crippen LogP contribution in [0.4, 0.5) is 0 Å². The Balaban J connectivity index is 2.14. The van der Waals surface area contributed by atoms with Crippen LogP contribution < -0.4 is 10.3 Å². The molecule has 4 N–H and O–H groups in total. The van der Waals surface area contributed by atoms with Crippen LogP contribution in [0.15, 0.2) is 11.1 Å². The molecule has 1 aliphatic heterocycles. The van der Waals surface area contributed by atoms with Gasteiger partial charge in [0.25, 0.3) is 0 Å². The molecule has 0 spiro atoms. The number of hydrogen-bond donors (Lipinski definition) is 4. The van der Waals surface area contributed by atoms with Crippen molar-refractivity contribution < 1.29 is 20.1 Å². The van der Waals surface area contributed by atoms with E-state index in [1.807, 2.05) is 0 Å². The Morgan fingerprint density at radius 3 is 2.85 bits per heavy atom. The summed E-state index contributed by atoms with van der Waals surface area (Å²) in [5.74, 6) is 0. The third-order valence-electron chi connectivity index (χ3n) is 3.22. The van der Waals surface area contributed by atoms with E-state index in [0.717, 1.165) is 0 Å². The third-order valence-corrected chi connectivity index (χ3v) is 3.83. The number of rotatable bonds is 2. The maximum atomic E-state index is 11.6. The number of H-pyrrole nitrogens is 1. The predicted molar refractivity (Wildman–Crippen MR) is 66.5 cm³/mol. The molecule has 1 radical (unpaired) electrons. The fourth-order valence-corrected chi connectivity index (χ4v) is 2.81. The summed E-state index contributed by atoms with van der Waals surface area (Å²) in [6.45, 7) is -0.432. The molecule has 0 saturated carbocycles. The van der Waals surface area contributed by atoms with Gasteiger partial charge in [-0.25, -0.2) is 0 Å². The Morgan fingerprint density at radius 2 is 2.20 bits per heavy atom. The van der Waals surface area contributed by atoms with E-state index in [9.17, 15) is 15.0 Å². The first kappa shape index (κ1) is 13.7.